The smallest absolute Gasteiger partial charge is 0.142 e. The maximum Gasteiger partial charge on any atom is 0.142 e. The molecule has 3 aromatic carbocycles. The van der Waals surface area contributed by atoms with Crippen LogP contribution in [0.1, 0.15) is 103 Å². The number of hydrogen-bond donors (Lipinski definition) is 0. The number of allylic oxidation sites excluding steroid dienone is 2. The van der Waals surface area contributed by atoms with E-state index in [4.69, 9.17) is 9.47 Å². The van der Waals surface area contributed by atoms with Crippen LogP contribution in [-0.2, 0) is 12.8 Å². The Labute approximate surface area is 219 Å². The van der Waals surface area contributed by atoms with E-state index in [1.54, 1.807) is 0 Å². The summed E-state index contributed by atoms with van der Waals surface area (Å²) in [6.07, 6.45) is 22.3. The highest BCUT2D eigenvalue weighted by atomic mass is 16.5. The molecule has 194 valence electrons. The SMILES string of the molecule is CCCCCC/C=C/Oc1c2ccc(CC)cc2c(O/C=C/CCCCCC)c2cc(CC)ccc12. The van der Waals surface area contributed by atoms with Gasteiger partial charge in [-0.2, -0.15) is 0 Å². The molecule has 2 heteroatoms. The molecule has 0 amide bonds. The van der Waals surface area contributed by atoms with Gasteiger partial charge in [-0.05, 0) is 73.9 Å². The largest absolute Gasteiger partial charge is 0.464 e. The minimum Gasteiger partial charge on any atom is -0.464 e. The first kappa shape index (κ1) is 27.8. The minimum atomic E-state index is 0.922. The van der Waals surface area contributed by atoms with Gasteiger partial charge in [0, 0.05) is 21.5 Å². The summed E-state index contributed by atoms with van der Waals surface area (Å²) in [6.45, 7) is 8.90. The van der Waals surface area contributed by atoms with Gasteiger partial charge in [0.25, 0.3) is 0 Å². The summed E-state index contributed by atoms with van der Waals surface area (Å²) < 4.78 is 12.8. The van der Waals surface area contributed by atoms with Crippen LogP contribution < -0.4 is 9.47 Å². The van der Waals surface area contributed by atoms with Crippen LogP contribution in [0, 0.1) is 0 Å². The highest BCUT2D eigenvalue weighted by Gasteiger charge is 2.17. The lowest BCUT2D eigenvalue weighted by Gasteiger charge is -2.17. The maximum absolute atomic E-state index is 6.42. The van der Waals surface area contributed by atoms with Crippen LogP contribution in [0.25, 0.3) is 21.5 Å². The van der Waals surface area contributed by atoms with E-state index in [9.17, 15) is 0 Å². The van der Waals surface area contributed by atoms with Crippen molar-refractivity contribution in [3.05, 3.63) is 72.2 Å². The van der Waals surface area contributed by atoms with Crippen molar-refractivity contribution in [3.8, 4) is 11.5 Å². The molecule has 0 aromatic heterocycles. The molecule has 0 fully saturated rings. The fraction of sp³-hybridized carbons (Fsp3) is 0.471. The second-order valence-corrected chi connectivity index (χ2v) is 9.80. The molecule has 36 heavy (non-hydrogen) atoms. The summed E-state index contributed by atoms with van der Waals surface area (Å²) >= 11 is 0. The zero-order valence-corrected chi connectivity index (χ0v) is 23.1. The first-order valence-electron chi connectivity index (χ1n) is 14.4. The van der Waals surface area contributed by atoms with Crippen molar-refractivity contribution in [3.63, 3.8) is 0 Å². The zero-order valence-electron chi connectivity index (χ0n) is 23.1. The lowest BCUT2D eigenvalue weighted by atomic mass is 9.96. The number of ether oxygens (including phenoxy) is 2. The fourth-order valence-corrected chi connectivity index (χ4v) is 4.68. The Bertz CT molecular complexity index is 1070. The standard InChI is InChI=1S/C34H46O2/c1-5-9-11-13-15-17-23-35-33-29-21-19-27(7-3)25-31(29)34(36-24-18-16-14-12-10-6-2)32-26-28(8-4)20-22-30(32)33/h17-26H,5-16H2,1-4H3/b23-17+,24-18+. The Morgan fingerprint density at radius 1 is 0.528 bits per heavy atom. The number of benzene rings is 3. The summed E-state index contributed by atoms with van der Waals surface area (Å²) in [6, 6.07) is 13.4. The average Bonchev–Trinajstić information content (AvgIpc) is 2.91. The molecule has 3 aromatic rings. The number of fused-ring (bicyclic) bond motifs is 2. The predicted octanol–water partition coefficient (Wildman–Crippen LogP) is 10.8. The Balaban J connectivity index is 1.99. The van der Waals surface area contributed by atoms with Gasteiger partial charge in [-0.25, -0.2) is 0 Å². The summed E-state index contributed by atoms with van der Waals surface area (Å²) in [5.41, 5.74) is 2.61. The van der Waals surface area contributed by atoms with Crippen LogP contribution in [0.4, 0.5) is 0 Å². The predicted molar refractivity (Wildman–Crippen MR) is 157 cm³/mol. The van der Waals surface area contributed by atoms with Gasteiger partial charge in [0.1, 0.15) is 11.5 Å². The molecule has 0 aliphatic rings. The van der Waals surface area contributed by atoms with Crippen LogP contribution in [-0.4, -0.2) is 0 Å². The third kappa shape index (κ3) is 7.63. The molecule has 0 heterocycles. The van der Waals surface area contributed by atoms with E-state index in [1.165, 1.54) is 62.5 Å². The molecular formula is C34H46O2. The first-order chi connectivity index (χ1) is 17.7. The first-order valence-corrected chi connectivity index (χ1v) is 14.4. The van der Waals surface area contributed by atoms with Crippen molar-refractivity contribution < 1.29 is 9.47 Å². The van der Waals surface area contributed by atoms with Crippen molar-refractivity contribution in [2.45, 2.75) is 105 Å². The number of unbranched alkanes of at least 4 members (excludes halogenated alkanes) is 8. The van der Waals surface area contributed by atoms with E-state index in [2.05, 4.69) is 76.2 Å². The van der Waals surface area contributed by atoms with E-state index in [1.807, 2.05) is 12.5 Å². The molecule has 0 bridgehead atoms. The molecule has 0 N–H and O–H groups in total. The van der Waals surface area contributed by atoms with Crippen molar-refractivity contribution >= 4 is 21.5 Å². The zero-order chi connectivity index (χ0) is 25.6. The summed E-state index contributed by atoms with van der Waals surface area (Å²) in [5, 5.41) is 4.45. The topological polar surface area (TPSA) is 18.5 Å². The lowest BCUT2D eigenvalue weighted by Crippen LogP contribution is -1.95. The molecule has 0 atom stereocenters. The van der Waals surface area contributed by atoms with Crippen molar-refractivity contribution in [1.82, 2.24) is 0 Å². The van der Waals surface area contributed by atoms with E-state index < -0.39 is 0 Å². The molecule has 0 saturated carbocycles. The highest BCUT2D eigenvalue weighted by molar-refractivity contribution is 6.11. The summed E-state index contributed by atoms with van der Waals surface area (Å²) in [5.74, 6) is 1.86. The number of hydrogen-bond acceptors (Lipinski definition) is 2. The highest BCUT2D eigenvalue weighted by Crippen LogP contribution is 2.44. The Kier molecular flexibility index (Phi) is 11.9. The second-order valence-electron chi connectivity index (χ2n) is 9.80. The Hall–Kier alpha value is -2.74. The van der Waals surface area contributed by atoms with Crippen LogP contribution in [0.2, 0.25) is 0 Å². The molecule has 2 nitrogen and oxygen atoms in total. The quantitative estimate of drug-likeness (QED) is 0.114. The minimum absolute atomic E-state index is 0.922. The summed E-state index contributed by atoms with van der Waals surface area (Å²) in [7, 11) is 0. The van der Waals surface area contributed by atoms with Crippen LogP contribution >= 0.6 is 0 Å². The van der Waals surface area contributed by atoms with E-state index in [-0.39, 0.29) is 0 Å². The van der Waals surface area contributed by atoms with E-state index in [0.717, 1.165) is 58.7 Å². The third-order valence-electron chi connectivity index (χ3n) is 6.98. The van der Waals surface area contributed by atoms with Gasteiger partial charge < -0.3 is 9.47 Å². The van der Waals surface area contributed by atoms with Crippen molar-refractivity contribution in [2.75, 3.05) is 0 Å². The van der Waals surface area contributed by atoms with Crippen LogP contribution in [0.5, 0.6) is 11.5 Å². The monoisotopic (exact) mass is 486 g/mol. The average molecular weight is 487 g/mol. The van der Waals surface area contributed by atoms with Gasteiger partial charge in [-0.1, -0.05) is 90.5 Å². The number of aryl methyl sites for hydroxylation is 2. The van der Waals surface area contributed by atoms with E-state index in [0.29, 0.717) is 0 Å². The van der Waals surface area contributed by atoms with E-state index >= 15 is 0 Å². The normalized spacial score (nSPS) is 11.9. The van der Waals surface area contributed by atoms with Crippen LogP contribution in [0.15, 0.2) is 61.1 Å². The maximum atomic E-state index is 6.42. The van der Waals surface area contributed by atoms with Crippen LogP contribution in [0.3, 0.4) is 0 Å². The van der Waals surface area contributed by atoms with Gasteiger partial charge >= 0.3 is 0 Å². The molecule has 3 rings (SSSR count). The van der Waals surface area contributed by atoms with Crippen molar-refractivity contribution in [2.24, 2.45) is 0 Å². The molecule has 0 radical (unpaired) electrons. The molecule has 0 unspecified atom stereocenters. The number of rotatable bonds is 16. The lowest BCUT2D eigenvalue weighted by molar-refractivity contribution is 0.480. The second kappa shape index (κ2) is 15.4. The van der Waals surface area contributed by atoms with Gasteiger partial charge in [0.2, 0.25) is 0 Å². The van der Waals surface area contributed by atoms with Gasteiger partial charge in [-0.3, -0.25) is 0 Å². The molecule has 0 saturated heterocycles. The molecular weight excluding hydrogens is 440 g/mol. The Morgan fingerprint density at radius 2 is 0.972 bits per heavy atom. The fourth-order valence-electron chi connectivity index (χ4n) is 4.68. The molecule has 0 spiro atoms. The third-order valence-corrected chi connectivity index (χ3v) is 6.98. The van der Waals surface area contributed by atoms with Gasteiger partial charge in [0.15, 0.2) is 0 Å². The van der Waals surface area contributed by atoms with Gasteiger partial charge in [0.05, 0.1) is 12.5 Å². The Morgan fingerprint density at radius 3 is 1.39 bits per heavy atom. The van der Waals surface area contributed by atoms with Gasteiger partial charge in [-0.15, -0.1) is 0 Å². The summed E-state index contributed by atoms with van der Waals surface area (Å²) in [4.78, 5) is 0. The molecule has 0 aliphatic carbocycles. The van der Waals surface area contributed by atoms with Crippen molar-refractivity contribution in [1.29, 1.82) is 0 Å². The molecule has 0 aliphatic heterocycles.